The lowest BCUT2D eigenvalue weighted by atomic mass is 10.2. The Morgan fingerprint density at radius 2 is 2.00 bits per heavy atom. The zero-order valence-electron chi connectivity index (χ0n) is 8.50. The van der Waals surface area contributed by atoms with Crippen molar-refractivity contribution in [1.82, 2.24) is 10.6 Å². The number of nitrogens with two attached hydrogens (primary N) is 1. The van der Waals surface area contributed by atoms with Gasteiger partial charge in [-0.05, 0) is 11.6 Å². The van der Waals surface area contributed by atoms with Gasteiger partial charge in [0.1, 0.15) is 0 Å². The summed E-state index contributed by atoms with van der Waals surface area (Å²) >= 11 is 5.91. The Morgan fingerprint density at radius 3 is 2.62 bits per heavy atom. The molecule has 0 aromatic heterocycles. The summed E-state index contributed by atoms with van der Waals surface area (Å²) in [5.41, 5.74) is 5.67. The highest BCUT2D eigenvalue weighted by Gasteiger charge is 2.04. The van der Waals surface area contributed by atoms with Crippen LogP contribution in [0.1, 0.15) is 5.56 Å². The normalized spacial score (nSPS) is 9.81. The van der Waals surface area contributed by atoms with Crippen LogP contribution in [0.5, 0.6) is 0 Å². The van der Waals surface area contributed by atoms with E-state index in [0.29, 0.717) is 11.6 Å². The van der Waals surface area contributed by atoms with Crippen LogP contribution in [0.3, 0.4) is 0 Å². The van der Waals surface area contributed by atoms with Crippen LogP contribution < -0.4 is 16.4 Å². The standard InChI is InChI=1S/C10H12ClN3O2/c11-8-4-2-1-3-7(8)5-13-6-9(15)14-10(12)16/h1-4,13H,5-6H2,(H3,12,14,15,16). The van der Waals surface area contributed by atoms with Crippen molar-refractivity contribution in [3.63, 3.8) is 0 Å². The van der Waals surface area contributed by atoms with Gasteiger partial charge in [0.2, 0.25) is 5.91 Å². The Bertz CT molecular complexity index is 395. The molecule has 4 N–H and O–H groups in total. The van der Waals surface area contributed by atoms with Crippen molar-refractivity contribution < 1.29 is 9.59 Å². The van der Waals surface area contributed by atoms with E-state index in [1.807, 2.05) is 23.5 Å². The highest BCUT2D eigenvalue weighted by atomic mass is 35.5. The minimum atomic E-state index is -0.857. The first kappa shape index (κ1) is 12.5. The van der Waals surface area contributed by atoms with E-state index >= 15 is 0 Å². The van der Waals surface area contributed by atoms with Crippen molar-refractivity contribution in [3.05, 3.63) is 34.9 Å². The van der Waals surface area contributed by atoms with Gasteiger partial charge >= 0.3 is 6.03 Å². The van der Waals surface area contributed by atoms with E-state index < -0.39 is 11.9 Å². The van der Waals surface area contributed by atoms with Crippen molar-refractivity contribution in [2.75, 3.05) is 6.54 Å². The number of rotatable bonds is 4. The maximum absolute atomic E-state index is 11.0. The highest BCUT2D eigenvalue weighted by Crippen LogP contribution is 2.13. The lowest BCUT2D eigenvalue weighted by Crippen LogP contribution is -2.40. The molecule has 3 amide bonds. The van der Waals surface area contributed by atoms with Gasteiger partial charge in [0.25, 0.3) is 0 Å². The highest BCUT2D eigenvalue weighted by molar-refractivity contribution is 6.31. The van der Waals surface area contributed by atoms with Crippen LogP contribution in [0.4, 0.5) is 4.79 Å². The summed E-state index contributed by atoms with van der Waals surface area (Å²) in [6, 6.07) is 6.44. The summed E-state index contributed by atoms with van der Waals surface area (Å²) in [4.78, 5) is 21.4. The van der Waals surface area contributed by atoms with Crippen molar-refractivity contribution in [1.29, 1.82) is 0 Å². The monoisotopic (exact) mass is 241 g/mol. The van der Waals surface area contributed by atoms with Crippen LogP contribution in [0, 0.1) is 0 Å². The molecule has 1 aromatic rings. The molecule has 0 radical (unpaired) electrons. The van der Waals surface area contributed by atoms with E-state index in [1.54, 1.807) is 6.07 Å². The predicted octanol–water partition coefficient (Wildman–Crippen LogP) is 0.625. The van der Waals surface area contributed by atoms with Crippen LogP contribution in [0.15, 0.2) is 24.3 Å². The summed E-state index contributed by atoms with van der Waals surface area (Å²) in [6.07, 6.45) is 0. The van der Waals surface area contributed by atoms with E-state index in [0.717, 1.165) is 5.56 Å². The number of hydrogen-bond acceptors (Lipinski definition) is 3. The number of halogens is 1. The van der Waals surface area contributed by atoms with E-state index in [-0.39, 0.29) is 6.54 Å². The molecule has 1 aromatic carbocycles. The number of carbonyl (C=O) groups excluding carboxylic acids is 2. The van der Waals surface area contributed by atoms with Gasteiger partial charge in [-0.2, -0.15) is 0 Å². The second-order valence-electron chi connectivity index (χ2n) is 3.11. The molecule has 0 atom stereocenters. The quantitative estimate of drug-likeness (QED) is 0.723. The smallest absolute Gasteiger partial charge is 0.318 e. The number of imide groups is 1. The average molecular weight is 242 g/mol. The maximum Gasteiger partial charge on any atom is 0.318 e. The second kappa shape index (κ2) is 6.09. The molecule has 86 valence electrons. The molecule has 0 fully saturated rings. The summed E-state index contributed by atoms with van der Waals surface area (Å²) in [5, 5.41) is 5.42. The molecule has 0 aliphatic carbocycles. The predicted molar refractivity (Wildman–Crippen MR) is 60.9 cm³/mol. The molecule has 0 saturated carbocycles. The molecule has 0 unspecified atom stereocenters. The van der Waals surface area contributed by atoms with E-state index in [1.165, 1.54) is 0 Å². The van der Waals surface area contributed by atoms with Crippen molar-refractivity contribution >= 4 is 23.5 Å². The van der Waals surface area contributed by atoms with Crippen molar-refractivity contribution in [3.8, 4) is 0 Å². The lowest BCUT2D eigenvalue weighted by Gasteiger charge is -2.05. The van der Waals surface area contributed by atoms with Gasteiger partial charge in [-0.1, -0.05) is 29.8 Å². The molecule has 0 saturated heterocycles. The van der Waals surface area contributed by atoms with Gasteiger partial charge in [0.05, 0.1) is 6.54 Å². The number of primary amides is 1. The minimum Gasteiger partial charge on any atom is -0.351 e. The lowest BCUT2D eigenvalue weighted by molar-refractivity contribution is -0.119. The molecule has 16 heavy (non-hydrogen) atoms. The number of hydrogen-bond donors (Lipinski definition) is 3. The van der Waals surface area contributed by atoms with Crippen molar-refractivity contribution in [2.24, 2.45) is 5.73 Å². The largest absolute Gasteiger partial charge is 0.351 e. The Morgan fingerprint density at radius 1 is 1.31 bits per heavy atom. The van der Waals surface area contributed by atoms with Crippen LogP contribution >= 0.6 is 11.6 Å². The Kier molecular flexibility index (Phi) is 4.75. The molecule has 5 nitrogen and oxygen atoms in total. The summed E-state index contributed by atoms with van der Waals surface area (Å²) in [7, 11) is 0. The third-order valence-corrected chi connectivity index (χ3v) is 2.19. The number of nitrogens with one attached hydrogen (secondary N) is 2. The average Bonchev–Trinajstić information content (AvgIpc) is 2.19. The minimum absolute atomic E-state index is 0.00810. The van der Waals surface area contributed by atoms with E-state index in [2.05, 4.69) is 5.32 Å². The molecular weight excluding hydrogens is 230 g/mol. The number of urea groups is 1. The molecule has 1 rings (SSSR count). The summed E-state index contributed by atoms with van der Waals surface area (Å²) in [5.74, 6) is -0.473. The van der Waals surface area contributed by atoms with Crippen LogP contribution in [-0.4, -0.2) is 18.5 Å². The molecule has 0 bridgehead atoms. The van der Waals surface area contributed by atoms with Crippen molar-refractivity contribution in [2.45, 2.75) is 6.54 Å². The van der Waals surface area contributed by atoms with Gasteiger partial charge in [0.15, 0.2) is 0 Å². The fourth-order valence-corrected chi connectivity index (χ4v) is 1.34. The molecular formula is C10H12ClN3O2. The first-order valence-corrected chi connectivity index (χ1v) is 5.01. The molecule has 6 heteroatoms. The first-order chi connectivity index (χ1) is 7.59. The second-order valence-corrected chi connectivity index (χ2v) is 3.51. The summed E-state index contributed by atoms with van der Waals surface area (Å²) < 4.78 is 0. The van der Waals surface area contributed by atoms with Gasteiger partial charge < -0.3 is 11.1 Å². The molecule has 0 spiro atoms. The third-order valence-electron chi connectivity index (χ3n) is 1.82. The molecule has 0 heterocycles. The van der Waals surface area contributed by atoms with Crippen LogP contribution in [0.2, 0.25) is 5.02 Å². The fraction of sp³-hybridized carbons (Fsp3) is 0.200. The van der Waals surface area contributed by atoms with Gasteiger partial charge in [0, 0.05) is 11.6 Å². The zero-order valence-corrected chi connectivity index (χ0v) is 9.25. The molecule has 0 aliphatic heterocycles. The van der Waals surface area contributed by atoms with E-state index in [9.17, 15) is 9.59 Å². The van der Waals surface area contributed by atoms with E-state index in [4.69, 9.17) is 17.3 Å². The van der Waals surface area contributed by atoms with Gasteiger partial charge in [-0.3, -0.25) is 10.1 Å². The first-order valence-electron chi connectivity index (χ1n) is 4.63. The van der Waals surface area contributed by atoms with Gasteiger partial charge in [-0.25, -0.2) is 4.79 Å². The number of benzene rings is 1. The van der Waals surface area contributed by atoms with Crippen LogP contribution in [-0.2, 0) is 11.3 Å². The Hall–Kier alpha value is -1.59. The fourth-order valence-electron chi connectivity index (χ4n) is 1.13. The maximum atomic E-state index is 11.0. The number of amides is 3. The Balaban J connectivity index is 2.33. The topological polar surface area (TPSA) is 84.2 Å². The summed E-state index contributed by atoms with van der Waals surface area (Å²) in [6.45, 7) is 0.458. The molecule has 0 aliphatic rings. The van der Waals surface area contributed by atoms with Gasteiger partial charge in [-0.15, -0.1) is 0 Å². The SMILES string of the molecule is NC(=O)NC(=O)CNCc1ccccc1Cl. The Labute approximate surface area is 98.0 Å². The number of carbonyl (C=O) groups is 2. The zero-order chi connectivity index (χ0) is 12.0. The van der Waals surface area contributed by atoms with Crippen LogP contribution in [0.25, 0.3) is 0 Å². The third kappa shape index (κ3) is 4.29.